The van der Waals surface area contributed by atoms with Gasteiger partial charge in [-0.3, -0.25) is 4.79 Å². The van der Waals surface area contributed by atoms with Crippen LogP contribution < -0.4 is 20.5 Å². The average Bonchev–Trinajstić information content (AvgIpc) is 3.39. The van der Waals surface area contributed by atoms with E-state index in [9.17, 15) is 4.79 Å². The summed E-state index contributed by atoms with van der Waals surface area (Å²) in [6, 6.07) is 7.13. The van der Waals surface area contributed by atoms with E-state index in [0.717, 1.165) is 44.7 Å². The molecule has 1 N–H and O–H groups in total. The summed E-state index contributed by atoms with van der Waals surface area (Å²) < 4.78 is 7.44. The molecule has 1 saturated carbocycles. The van der Waals surface area contributed by atoms with Crippen LogP contribution in [-0.4, -0.2) is 42.6 Å². The van der Waals surface area contributed by atoms with Gasteiger partial charge in [0.1, 0.15) is 5.69 Å². The molecule has 2 heterocycles. The largest absolute Gasteiger partial charge is 0.486 e. The zero-order valence-electron chi connectivity index (χ0n) is 15.3. The number of nitrogens with one attached hydrogen (secondary N) is 1. The van der Waals surface area contributed by atoms with Crippen molar-refractivity contribution >= 4 is 29.7 Å². The Balaban J connectivity index is 0.00000210. The number of piperazine rings is 1. The van der Waals surface area contributed by atoms with E-state index in [1.54, 1.807) is 18.3 Å². The van der Waals surface area contributed by atoms with Crippen molar-refractivity contribution in [1.82, 2.24) is 15.1 Å². The summed E-state index contributed by atoms with van der Waals surface area (Å²) in [7, 11) is 0. The molecule has 1 aromatic heterocycles. The molecule has 0 bridgehead atoms. The summed E-state index contributed by atoms with van der Waals surface area (Å²) in [6.45, 7) is 6.17. The fraction of sp³-hybridized carbons (Fsp3) is 0.474. The van der Waals surface area contributed by atoms with Crippen molar-refractivity contribution in [2.24, 2.45) is 5.41 Å². The van der Waals surface area contributed by atoms with Gasteiger partial charge < -0.3 is 15.0 Å². The molecule has 1 aliphatic heterocycles. The Labute approximate surface area is 169 Å². The van der Waals surface area contributed by atoms with Crippen molar-refractivity contribution in [3.8, 4) is 11.4 Å². The van der Waals surface area contributed by atoms with Crippen LogP contribution in [-0.2, 0) is 0 Å². The molecule has 8 heteroatoms. The van der Waals surface area contributed by atoms with Crippen molar-refractivity contribution in [2.45, 2.75) is 19.8 Å². The molecule has 6 nitrogen and oxygen atoms in total. The van der Waals surface area contributed by atoms with E-state index < -0.39 is 0 Å². The van der Waals surface area contributed by atoms with Gasteiger partial charge >= 0.3 is 5.56 Å². The maximum Gasteiger partial charge on any atom is 0.316 e. The van der Waals surface area contributed by atoms with E-state index in [1.165, 1.54) is 4.68 Å². The zero-order valence-corrected chi connectivity index (χ0v) is 16.9. The van der Waals surface area contributed by atoms with Crippen LogP contribution in [0.2, 0.25) is 5.02 Å². The Kier molecular flexibility index (Phi) is 5.99. The highest BCUT2D eigenvalue weighted by atomic mass is 35.5. The molecule has 0 amide bonds. The predicted octanol–water partition coefficient (Wildman–Crippen LogP) is 2.90. The summed E-state index contributed by atoms with van der Waals surface area (Å²) in [5.74, 6) is 0.384. The average molecular weight is 411 g/mol. The van der Waals surface area contributed by atoms with E-state index in [-0.39, 0.29) is 23.4 Å². The Bertz CT molecular complexity index is 861. The standard InChI is InChI=1S/C19H23ClN4O2.ClH/c1-19(5-6-19)13-26-17-16(23-9-7-21-8-10-23)12-22-24(18(17)25)15-4-2-3-14(20)11-15;/h2-4,11-12,21H,5-10,13H2,1H3;1H. The van der Waals surface area contributed by atoms with Gasteiger partial charge in [0.05, 0.1) is 18.5 Å². The topological polar surface area (TPSA) is 59.4 Å². The molecule has 27 heavy (non-hydrogen) atoms. The van der Waals surface area contributed by atoms with Gasteiger partial charge in [0.2, 0.25) is 5.75 Å². The molecule has 1 aromatic carbocycles. The summed E-state index contributed by atoms with van der Waals surface area (Å²) in [5.41, 5.74) is 1.36. The van der Waals surface area contributed by atoms with Gasteiger partial charge in [-0.05, 0) is 31.0 Å². The Morgan fingerprint density at radius 2 is 2.04 bits per heavy atom. The molecule has 0 radical (unpaired) electrons. The van der Waals surface area contributed by atoms with Crippen molar-refractivity contribution in [1.29, 1.82) is 0 Å². The van der Waals surface area contributed by atoms with Gasteiger partial charge in [0.25, 0.3) is 0 Å². The molecule has 2 fully saturated rings. The molecule has 1 aliphatic carbocycles. The number of hydrogen-bond donors (Lipinski definition) is 1. The van der Waals surface area contributed by atoms with Gasteiger partial charge in [-0.2, -0.15) is 9.78 Å². The van der Waals surface area contributed by atoms with E-state index in [0.29, 0.717) is 23.1 Å². The van der Waals surface area contributed by atoms with Crippen LogP contribution in [0.3, 0.4) is 0 Å². The number of benzene rings is 1. The van der Waals surface area contributed by atoms with E-state index in [1.807, 2.05) is 12.1 Å². The second-order valence-corrected chi connectivity index (χ2v) is 7.83. The first-order valence-corrected chi connectivity index (χ1v) is 9.40. The molecular weight excluding hydrogens is 387 g/mol. The van der Waals surface area contributed by atoms with Gasteiger partial charge in [-0.1, -0.05) is 24.6 Å². The molecule has 4 rings (SSSR count). The maximum absolute atomic E-state index is 13.2. The number of hydrogen-bond acceptors (Lipinski definition) is 5. The van der Waals surface area contributed by atoms with E-state index in [2.05, 4.69) is 22.2 Å². The van der Waals surface area contributed by atoms with Crippen LogP contribution in [0.5, 0.6) is 5.75 Å². The zero-order chi connectivity index (χ0) is 18.1. The monoisotopic (exact) mass is 410 g/mol. The molecule has 146 valence electrons. The van der Waals surface area contributed by atoms with Crippen LogP contribution >= 0.6 is 24.0 Å². The van der Waals surface area contributed by atoms with Crippen molar-refractivity contribution in [3.05, 3.63) is 45.8 Å². The molecule has 0 unspecified atom stereocenters. The Hall–Kier alpha value is -1.76. The normalized spacial score (nSPS) is 17.9. The maximum atomic E-state index is 13.2. The first-order chi connectivity index (χ1) is 12.6. The minimum absolute atomic E-state index is 0. The smallest absolute Gasteiger partial charge is 0.316 e. The summed E-state index contributed by atoms with van der Waals surface area (Å²) in [5, 5.41) is 8.28. The quantitative estimate of drug-likeness (QED) is 0.820. The fourth-order valence-electron chi connectivity index (χ4n) is 3.09. The molecule has 0 atom stereocenters. The van der Waals surface area contributed by atoms with Gasteiger partial charge in [-0.15, -0.1) is 12.4 Å². The van der Waals surface area contributed by atoms with Gasteiger partial charge in [0, 0.05) is 36.6 Å². The van der Waals surface area contributed by atoms with E-state index >= 15 is 0 Å². The first-order valence-electron chi connectivity index (χ1n) is 9.03. The molecule has 2 aliphatic rings. The van der Waals surface area contributed by atoms with Crippen LogP contribution in [0.15, 0.2) is 35.3 Å². The summed E-state index contributed by atoms with van der Waals surface area (Å²) >= 11 is 6.08. The Morgan fingerprint density at radius 3 is 2.70 bits per heavy atom. The fourth-order valence-corrected chi connectivity index (χ4v) is 3.28. The minimum atomic E-state index is -0.243. The second-order valence-electron chi connectivity index (χ2n) is 7.39. The number of nitrogens with zero attached hydrogens (tertiary/aromatic N) is 3. The van der Waals surface area contributed by atoms with Crippen LogP contribution in [0, 0.1) is 5.41 Å². The highest BCUT2D eigenvalue weighted by Crippen LogP contribution is 2.45. The number of rotatable bonds is 5. The third-order valence-electron chi connectivity index (χ3n) is 5.09. The van der Waals surface area contributed by atoms with Crippen LogP contribution in [0.4, 0.5) is 5.69 Å². The molecule has 1 saturated heterocycles. The lowest BCUT2D eigenvalue weighted by molar-refractivity contribution is 0.243. The Morgan fingerprint density at radius 1 is 1.30 bits per heavy atom. The van der Waals surface area contributed by atoms with Gasteiger partial charge in [0.15, 0.2) is 0 Å². The van der Waals surface area contributed by atoms with E-state index in [4.69, 9.17) is 16.3 Å². The second kappa shape index (κ2) is 8.09. The van der Waals surface area contributed by atoms with Crippen molar-refractivity contribution in [2.75, 3.05) is 37.7 Å². The van der Waals surface area contributed by atoms with Crippen molar-refractivity contribution < 1.29 is 4.74 Å². The molecule has 0 spiro atoms. The number of halogens is 2. The highest BCUT2D eigenvalue weighted by Gasteiger charge is 2.38. The highest BCUT2D eigenvalue weighted by molar-refractivity contribution is 6.30. The predicted molar refractivity (Wildman–Crippen MR) is 110 cm³/mol. The SMILES string of the molecule is CC1(COc2c(N3CCNCC3)cnn(-c3cccc(Cl)c3)c2=O)CC1.Cl. The molecular formula is C19H24Cl2N4O2. The third kappa shape index (κ3) is 4.39. The number of aromatic nitrogens is 2. The number of anilines is 1. The van der Waals surface area contributed by atoms with Crippen LogP contribution in [0.25, 0.3) is 5.69 Å². The third-order valence-corrected chi connectivity index (χ3v) is 5.33. The lowest BCUT2D eigenvalue weighted by Crippen LogP contribution is -2.44. The van der Waals surface area contributed by atoms with Crippen molar-refractivity contribution in [3.63, 3.8) is 0 Å². The lowest BCUT2D eigenvalue weighted by Gasteiger charge is -2.30. The molecule has 2 aromatic rings. The summed E-state index contributed by atoms with van der Waals surface area (Å²) in [6.07, 6.45) is 4.02. The first kappa shape index (κ1) is 20.0. The minimum Gasteiger partial charge on any atom is -0.486 e. The summed E-state index contributed by atoms with van der Waals surface area (Å²) in [4.78, 5) is 15.3. The van der Waals surface area contributed by atoms with Crippen LogP contribution in [0.1, 0.15) is 19.8 Å². The number of ether oxygens (including phenoxy) is 1. The van der Waals surface area contributed by atoms with Gasteiger partial charge in [-0.25, -0.2) is 0 Å². The lowest BCUT2D eigenvalue weighted by atomic mass is 10.2.